The largest absolute Gasteiger partial charge is 0.462 e. The molecule has 2 aromatic rings. The fraction of sp³-hybridized carbons (Fsp3) is 0.605. The molecule has 1 fully saturated rings. The van der Waals surface area contributed by atoms with Crippen LogP contribution in [0.4, 0.5) is 0 Å². The van der Waals surface area contributed by atoms with Crippen LogP contribution in [0, 0.1) is 21.7 Å². The molecule has 2 aliphatic heterocycles. The lowest BCUT2D eigenvalue weighted by Crippen LogP contribution is -2.68. The van der Waals surface area contributed by atoms with E-state index in [0.717, 1.165) is 11.1 Å². The van der Waals surface area contributed by atoms with Crippen LogP contribution in [0.15, 0.2) is 61.1 Å². The fourth-order valence-electron chi connectivity index (χ4n) is 6.88. The minimum Gasteiger partial charge on any atom is -0.462 e. The van der Waals surface area contributed by atoms with Gasteiger partial charge in [0, 0.05) is 23.9 Å². The number of nitrogens with zero attached hydrogens (tertiary/aromatic N) is 2. The molecule has 1 aromatic heterocycles. The predicted octanol–water partition coefficient (Wildman–Crippen LogP) is 6.70. The molecule has 294 valence electrons. The Morgan fingerprint density at radius 3 is 1.85 bits per heavy atom. The van der Waals surface area contributed by atoms with Crippen LogP contribution in [0.5, 0.6) is 0 Å². The van der Waals surface area contributed by atoms with Crippen molar-refractivity contribution in [1.82, 2.24) is 9.88 Å². The highest BCUT2D eigenvalue weighted by molar-refractivity contribution is 5.78. The number of carbonyl (C=O) groups is 4. The van der Waals surface area contributed by atoms with Gasteiger partial charge in [0.05, 0.1) is 21.7 Å². The number of allylic oxidation sites excluding steroid dienone is 1. The van der Waals surface area contributed by atoms with Gasteiger partial charge in [-0.05, 0) is 125 Å². The van der Waals surface area contributed by atoms with Gasteiger partial charge in [-0.1, -0.05) is 36.4 Å². The lowest BCUT2D eigenvalue weighted by Gasteiger charge is -2.54. The fourth-order valence-corrected chi connectivity index (χ4v) is 6.88. The topological polar surface area (TPSA) is 131 Å². The molecule has 11 nitrogen and oxygen atoms in total. The summed E-state index contributed by atoms with van der Waals surface area (Å²) in [7, 11) is 0. The average molecular weight is 747 g/mol. The Morgan fingerprint density at radius 1 is 0.741 bits per heavy atom. The number of rotatable bonds is 7. The Hall–Kier alpha value is -4.25. The second kappa shape index (κ2) is 14.8. The van der Waals surface area contributed by atoms with Crippen molar-refractivity contribution in [3.05, 3.63) is 77.8 Å². The second-order valence-corrected chi connectivity index (χ2v) is 19.0. The van der Waals surface area contributed by atoms with Crippen molar-refractivity contribution in [1.29, 1.82) is 0 Å². The number of hydrogen-bond acceptors (Lipinski definition) is 11. The highest BCUT2D eigenvalue weighted by Gasteiger charge is 2.58. The number of pyridine rings is 1. The van der Waals surface area contributed by atoms with Gasteiger partial charge in [0.15, 0.2) is 24.5 Å². The molecule has 54 heavy (non-hydrogen) atoms. The standard InChI is InChI=1S/C43H58N2O9/c1-39(2,3)35(46)50-25-30-31(52-36(47)40(4,5)6)32(53-37(48)41(7,8)9)33(54-38(49)42(10,11)12)34(51-30)45-21-19-43(27-17-15-20-44-24-27)23-28(45)22-26-16-13-14-18-29(26)43/h13-21,24,28,30-34H,22-23,25H2,1-12H3/t28?,30-,31+,32+,33-,34-,43?/m1/s1. The van der Waals surface area contributed by atoms with Crippen molar-refractivity contribution in [2.75, 3.05) is 6.61 Å². The Morgan fingerprint density at radius 2 is 1.30 bits per heavy atom. The molecule has 1 aliphatic carbocycles. The summed E-state index contributed by atoms with van der Waals surface area (Å²) in [6, 6.07) is 12.2. The Bertz CT molecular complexity index is 1740. The number of fused-ring (bicyclic) bond motifs is 4. The maximum atomic E-state index is 13.9. The SMILES string of the molecule is CC(C)(C)C(=O)OC[C@H]1O[C@@H](N2C=CC3(c4cccnc4)CC2Cc2ccccc23)[C@H](OC(=O)C(C)(C)C)[C@@H](OC(=O)C(C)(C)C)[C@H]1OC(=O)C(C)(C)C. The van der Waals surface area contributed by atoms with Gasteiger partial charge in [0.25, 0.3) is 0 Å². The molecule has 1 aromatic carbocycles. The Kier molecular flexibility index (Phi) is 11.2. The van der Waals surface area contributed by atoms with Gasteiger partial charge in [-0.3, -0.25) is 24.2 Å². The number of carbonyl (C=O) groups excluding carboxylic acids is 4. The van der Waals surface area contributed by atoms with Gasteiger partial charge >= 0.3 is 23.9 Å². The summed E-state index contributed by atoms with van der Waals surface area (Å²) in [4.78, 5) is 61.0. The molecule has 2 unspecified atom stereocenters. The molecule has 11 heteroatoms. The zero-order valence-electron chi connectivity index (χ0n) is 33.9. The number of esters is 4. The highest BCUT2D eigenvalue weighted by atomic mass is 16.7. The van der Waals surface area contributed by atoms with Crippen molar-refractivity contribution in [3.8, 4) is 0 Å². The molecule has 7 atom stereocenters. The monoisotopic (exact) mass is 746 g/mol. The molecule has 0 saturated carbocycles. The number of ether oxygens (including phenoxy) is 5. The van der Waals surface area contributed by atoms with Crippen LogP contribution in [0.2, 0.25) is 0 Å². The van der Waals surface area contributed by atoms with Crippen LogP contribution in [-0.2, 0) is 54.7 Å². The summed E-state index contributed by atoms with van der Waals surface area (Å²) < 4.78 is 31.6. The average Bonchev–Trinajstić information content (AvgIpc) is 3.07. The molecular weight excluding hydrogens is 688 g/mol. The van der Waals surface area contributed by atoms with E-state index < -0.39 is 81.6 Å². The minimum absolute atomic E-state index is 0.184. The van der Waals surface area contributed by atoms with Gasteiger partial charge < -0.3 is 28.6 Å². The summed E-state index contributed by atoms with van der Waals surface area (Å²) in [5.74, 6) is -2.24. The normalized spacial score (nSPS) is 27.0. The van der Waals surface area contributed by atoms with Crippen LogP contribution in [0.25, 0.3) is 0 Å². The molecule has 5 rings (SSSR count). The van der Waals surface area contributed by atoms with Crippen LogP contribution >= 0.6 is 0 Å². The van der Waals surface area contributed by atoms with Gasteiger partial charge in [-0.2, -0.15) is 0 Å². The van der Waals surface area contributed by atoms with Crippen molar-refractivity contribution in [2.45, 2.75) is 138 Å². The van der Waals surface area contributed by atoms with Crippen molar-refractivity contribution >= 4 is 23.9 Å². The lowest BCUT2D eigenvalue weighted by atomic mass is 9.63. The van der Waals surface area contributed by atoms with E-state index in [-0.39, 0.29) is 12.6 Å². The Labute approximate surface area is 320 Å². The summed E-state index contributed by atoms with van der Waals surface area (Å²) in [6.45, 7) is 20.4. The number of benzene rings is 1. The van der Waals surface area contributed by atoms with Gasteiger partial charge in [-0.15, -0.1) is 0 Å². The quantitative estimate of drug-likeness (QED) is 0.222. The minimum atomic E-state index is -1.33. The van der Waals surface area contributed by atoms with Crippen molar-refractivity contribution < 1.29 is 42.9 Å². The third-order valence-corrected chi connectivity index (χ3v) is 10.1. The smallest absolute Gasteiger partial charge is 0.311 e. The first-order chi connectivity index (χ1) is 24.9. The molecule has 0 amide bonds. The molecule has 0 radical (unpaired) electrons. The van der Waals surface area contributed by atoms with E-state index in [4.69, 9.17) is 23.7 Å². The Balaban J connectivity index is 1.68. The molecule has 0 N–H and O–H groups in total. The third kappa shape index (κ3) is 8.51. The van der Waals surface area contributed by atoms with E-state index in [9.17, 15) is 19.2 Å². The van der Waals surface area contributed by atoms with E-state index in [1.54, 1.807) is 89.3 Å². The first kappa shape index (κ1) is 40.9. The van der Waals surface area contributed by atoms with Crippen LogP contribution in [0.1, 0.15) is 106 Å². The molecular formula is C43H58N2O9. The second-order valence-electron chi connectivity index (χ2n) is 19.0. The van der Waals surface area contributed by atoms with E-state index in [1.165, 1.54) is 5.56 Å². The van der Waals surface area contributed by atoms with E-state index in [2.05, 4.69) is 29.3 Å². The molecule has 2 bridgehead atoms. The van der Waals surface area contributed by atoms with Crippen LogP contribution < -0.4 is 0 Å². The van der Waals surface area contributed by atoms with Crippen LogP contribution in [-0.4, -0.2) is 77.1 Å². The zero-order chi connectivity index (χ0) is 40.0. The van der Waals surface area contributed by atoms with Crippen LogP contribution in [0.3, 0.4) is 0 Å². The summed E-state index contributed by atoms with van der Waals surface area (Å²) >= 11 is 0. The lowest BCUT2D eigenvalue weighted by molar-refractivity contribution is -0.283. The summed E-state index contributed by atoms with van der Waals surface area (Å²) in [5, 5.41) is 0. The number of aromatic nitrogens is 1. The van der Waals surface area contributed by atoms with Gasteiger partial charge in [-0.25, -0.2) is 0 Å². The number of hydrogen-bond donors (Lipinski definition) is 0. The highest BCUT2D eigenvalue weighted by Crippen LogP contribution is 2.49. The van der Waals surface area contributed by atoms with E-state index in [1.807, 2.05) is 35.5 Å². The first-order valence-corrected chi connectivity index (χ1v) is 18.8. The van der Waals surface area contributed by atoms with Crippen molar-refractivity contribution in [3.63, 3.8) is 0 Å². The maximum Gasteiger partial charge on any atom is 0.311 e. The molecule has 3 aliphatic rings. The zero-order valence-corrected chi connectivity index (χ0v) is 33.9. The van der Waals surface area contributed by atoms with Gasteiger partial charge in [0.2, 0.25) is 0 Å². The summed E-state index contributed by atoms with van der Waals surface area (Å²) in [5.41, 5.74) is -0.845. The summed E-state index contributed by atoms with van der Waals surface area (Å²) in [6.07, 6.45) is 2.96. The third-order valence-electron chi connectivity index (χ3n) is 10.1. The molecule has 3 heterocycles. The first-order valence-electron chi connectivity index (χ1n) is 18.8. The molecule has 1 saturated heterocycles. The molecule has 0 spiro atoms. The van der Waals surface area contributed by atoms with Crippen molar-refractivity contribution in [2.24, 2.45) is 21.7 Å². The van der Waals surface area contributed by atoms with Gasteiger partial charge in [0.1, 0.15) is 12.7 Å². The van der Waals surface area contributed by atoms with E-state index >= 15 is 0 Å². The predicted molar refractivity (Wildman–Crippen MR) is 202 cm³/mol. The maximum absolute atomic E-state index is 13.9. The van der Waals surface area contributed by atoms with E-state index in [0.29, 0.717) is 12.8 Å².